The number of alkyl halides is 3. The number of oxime groups is 1. The highest BCUT2D eigenvalue weighted by molar-refractivity contribution is 5.93. The second-order valence-electron chi connectivity index (χ2n) is 6.49. The lowest BCUT2D eigenvalue weighted by Gasteiger charge is -2.10. The number of nitrogens with zero attached hydrogens (tertiary/aromatic N) is 1. The van der Waals surface area contributed by atoms with Gasteiger partial charge in [-0.3, -0.25) is 4.79 Å². The molecule has 2 aromatic carbocycles. The smallest absolute Gasteiger partial charge is 0.382 e. The van der Waals surface area contributed by atoms with Gasteiger partial charge in [0.1, 0.15) is 5.82 Å². The van der Waals surface area contributed by atoms with Crippen LogP contribution >= 0.6 is 0 Å². The average molecular weight is 394 g/mol. The largest absolute Gasteiger partial charge is 0.416 e. The summed E-state index contributed by atoms with van der Waals surface area (Å²) in [7, 11) is 0. The van der Waals surface area contributed by atoms with Crippen molar-refractivity contribution in [1.82, 2.24) is 5.32 Å². The normalized spacial score (nSPS) is 16.4. The molecule has 1 heterocycles. The van der Waals surface area contributed by atoms with Gasteiger partial charge >= 0.3 is 6.18 Å². The molecule has 1 atom stereocenters. The van der Waals surface area contributed by atoms with Crippen LogP contribution in [0.3, 0.4) is 0 Å². The molecule has 1 unspecified atom stereocenters. The maximum absolute atomic E-state index is 12.9. The first-order valence-electron chi connectivity index (χ1n) is 8.71. The third-order valence-electron chi connectivity index (χ3n) is 4.34. The Morgan fingerprint density at radius 2 is 1.71 bits per heavy atom. The standard InChI is InChI=1S/C20H18F4N2O2/c21-16-7-3-14(4-8-16)11-17-12-18(28-26-17)19(27)25-10-9-13-1-5-15(6-2-13)20(22,23)24/h1-8,18H,9-12H2,(H,25,27). The molecule has 1 N–H and O–H groups in total. The van der Waals surface area contributed by atoms with Gasteiger partial charge < -0.3 is 10.2 Å². The summed E-state index contributed by atoms with van der Waals surface area (Å²) in [5, 5.41) is 6.61. The second kappa shape index (κ2) is 8.41. The molecular formula is C20H18F4N2O2. The van der Waals surface area contributed by atoms with E-state index < -0.39 is 17.8 Å². The lowest BCUT2D eigenvalue weighted by Crippen LogP contribution is -2.36. The number of rotatable bonds is 6. The van der Waals surface area contributed by atoms with Crippen LogP contribution in [0.15, 0.2) is 53.7 Å². The summed E-state index contributed by atoms with van der Waals surface area (Å²) in [5.41, 5.74) is 1.54. The van der Waals surface area contributed by atoms with E-state index in [2.05, 4.69) is 10.5 Å². The molecule has 0 saturated carbocycles. The molecule has 1 aliphatic rings. The van der Waals surface area contributed by atoms with E-state index in [1.165, 1.54) is 24.3 Å². The van der Waals surface area contributed by atoms with Crippen LogP contribution in [-0.2, 0) is 28.7 Å². The summed E-state index contributed by atoms with van der Waals surface area (Å²) in [6, 6.07) is 10.8. The van der Waals surface area contributed by atoms with Crippen molar-refractivity contribution in [1.29, 1.82) is 0 Å². The van der Waals surface area contributed by atoms with Crippen LogP contribution in [0.2, 0.25) is 0 Å². The minimum Gasteiger partial charge on any atom is -0.382 e. The van der Waals surface area contributed by atoms with E-state index >= 15 is 0 Å². The summed E-state index contributed by atoms with van der Waals surface area (Å²) < 4.78 is 50.5. The number of amides is 1. The van der Waals surface area contributed by atoms with Crippen LogP contribution < -0.4 is 5.32 Å². The summed E-state index contributed by atoms with van der Waals surface area (Å²) in [4.78, 5) is 17.3. The van der Waals surface area contributed by atoms with Crippen molar-refractivity contribution in [3.05, 3.63) is 71.0 Å². The van der Waals surface area contributed by atoms with Gasteiger partial charge in [-0.2, -0.15) is 13.2 Å². The molecule has 8 heteroatoms. The van der Waals surface area contributed by atoms with E-state index in [1.807, 2.05) is 0 Å². The molecular weight excluding hydrogens is 376 g/mol. The lowest BCUT2D eigenvalue weighted by molar-refractivity contribution is -0.137. The highest BCUT2D eigenvalue weighted by atomic mass is 19.4. The van der Waals surface area contributed by atoms with Crippen molar-refractivity contribution in [3.63, 3.8) is 0 Å². The molecule has 2 aromatic rings. The molecule has 148 valence electrons. The summed E-state index contributed by atoms with van der Waals surface area (Å²) in [6.07, 6.45) is -3.89. The van der Waals surface area contributed by atoms with E-state index in [4.69, 9.17) is 4.84 Å². The summed E-state index contributed by atoms with van der Waals surface area (Å²) in [5.74, 6) is -0.650. The fourth-order valence-corrected chi connectivity index (χ4v) is 2.81. The van der Waals surface area contributed by atoms with E-state index in [1.54, 1.807) is 12.1 Å². The Balaban J connectivity index is 1.42. The van der Waals surface area contributed by atoms with Crippen LogP contribution in [0.4, 0.5) is 17.6 Å². The van der Waals surface area contributed by atoms with Gasteiger partial charge in [0.25, 0.3) is 5.91 Å². The van der Waals surface area contributed by atoms with Crippen LogP contribution in [0.25, 0.3) is 0 Å². The number of nitrogens with one attached hydrogen (secondary N) is 1. The van der Waals surface area contributed by atoms with E-state index in [0.29, 0.717) is 30.5 Å². The highest BCUT2D eigenvalue weighted by Crippen LogP contribution is 2.29. The van der Waals surface area contributed by atoms with Gasteiger partial charge in [-0.1, -0.05) is 29.4 Å². The molecule has 0 saturated heterocycles. The Kier molecular flexibility index (Phi) is 5.96. The number of carbonyl (C=O) groups excluding carboxylic acids is 1. The maximum Gasteiger partial charge on any atom is 0.416 e. The molecule has 3 rings (SSSR count). The Labute approximate surface area is 159 Å². The molecule has 1 amide bonds. The third kappa shape index (κ3) is 5.31. The van der Waals surface area contributed by atoms with Crippen molar-refractivity contribution >= 4 is 11.6 Å². The molecule has 0 fully saturated rings. The SMILES string of the molecule is O=C(NCCc1ccc(C(F)(F)F)cc1)C1CC(Cc2ccc(F)cc2)=NO1. The molecule has 0 spiro atoms. The summed E-state index contributed by atoms with van der Waals surface area (Å²) >= 11 is 0. The first kappa shape index (κ1) is 19.9. The Morgan fingerprint density at radius 3 is 2.36 bits per heavy atom. The van der Waals surface area contributed by atoms with E-state index in [9.17, 15) is 22.4 Å². The van der Waals surface area contributed by atoms with Crippen molar-refractivity contribution in [3.8, 4) is 0 Å². The number of benzene rings is 2. The van der Waals surface area contributed by atoms with Gasteiger partial charge in [0.05, 0.1) is 11.3 Å². The van der Waals surface area contributed by atoms with E-state index in [0.717, 1.165) is 17.7 Å². The van der Waals surface area contributed by atoms with Crippen LogP contribution in [0, 0.1) is 5.82 Å². The molecule has 0 aromatic heterocycles. The van der Waals surface area contributed by atoms with Crippen molar-refractivity contribution in [2.24, 2.45) is 5.16 Å². The number of hydrogen-bond donors (Lipinski definition) is 1. The lowest BCUT2D eigenvalue weighted by atomic mass is 10.0. The number of carbonyl (C=O) groups is 1. The van der Waals surface area contributed by atoms with Gasteiger partial charge in [-0.05, 0) is 41.8 Å². The zero-order chi connectivity index (χ0) is 20.1. The van der Waals surface area contributed by atoms with Crippen molar-refractivity contribution in [2.75, 3.05) is 6.54 Å². The highest BCUT2D eigenvalue weighted by Gasteiger charge is 2.30. The Morgan fingerprint density at radius 1 is 1.07 bits per heavy atom. The molecule has 0 bridgehead atoms. The van der Waals surface area contributed by atoms with Gasteiger partial charge in [-0.25, -0.2) is 4.39 Å². The fourth-order valence-electron chi connectivity index (χ4n) is 2.81. The molecule has 4 nitrogen and oxygen atoms in total. The van der Waals surface area contributed by atoms with Crippen molar-refractivity contribution in [2.45, 2.75) is 31.5 Å². The topological polar surface area (TPSA) is 50.7 Å². The molecule has 0 radical (unpaired) electrons. The first-order chi connectivity index (χ1) is 13.3. The van der Waals surface area contributed by atoms with Gasteiger partial charge in [0, 0.05) is 19.4 Å². The summed E-state index contributed by atoms with van der Waals surface area (Å²) in [6.45, 7) is 0.275. The van der Waals surface area contributed by atoms with E-state index in [-0.39, 0.29) is 18.3 Å². The predicted molar refractivity (Wildman–Crippen MR) is 95.2 cm³/mol. The quantitative estimate of drug-likeness (QED) is 0.756. The van der Waals surface area contributed by atoms with Gasteiger partial charge in [0.2, 0.25) is 6.10 Å². The van der Waals surface area contributed by atoms with Crippen LogP contribution in [0.5, 0.6) is 0 Å². The second-order valence-corrected chi connectivity index (χ2v) is 6.49. The zero-order valence-electron chi connectivity index (χ0n) is 14.8. The van der Waals surface area contributed by atoms with Gasteiger partial charge in [-0.15, -0.1) is 0 Å². The molecule has 28 heavy (non-hydrogen) atoms. The minimum atomic E-state index is -4.36. The fraction of sp³-hybridized carbons (Fsp3) is 0.300. The van der Waals surface area contributed by atoms with Crippen molar-refractivity contribution < 1.29 is 27.2 Å². The number of hydrogen-bond acceptors (Lipinski definition) is 3. The first-order valence-corrected chi connectivity index (χ1v) is 8.71. The monoisotopic (exact) mass is 394 g/mol. The Bertz CT molecular complexity index is 846. The maximum atomic E-state index is 12.9. The molecule has 0 aliphatic carbocycles. The average Bonchev–Trinajstić information content (AvgIpc) is 3.12. The van der Waals surface area contributed by atoms with Crippen LogP contribution in [0.1, 0.15) is 23.1 Å². The zero-order valence-corrected chi connectivity index (χ0v) is 14.8. The Hall–Kier alpha value is -2.90. The number of halogens is 4. The minimum absolute atomic E-state index is 0.275. The predicted octanol–water partition coefficient (Wildman–Crippen LogP) is 3.89. The molecule has 1 aliphatic heterocycles. The van der Waals surface area contributed by atoms with Crippen LogP contribution in [-0.4, -0.2) is 24.3 Å². The van der Waals surface area contributed by atoms with Gasteiger partial charge in [0.15, 0.2) is 0 Å². The third-order valence-corrected chi connectivity index (χ3v) is 4.34.